The number of hydrogen-bond acceptors (Lipinski definition) is 3. The molecule has 19 heavy (non-hydrogen) atoms. The maximum Gasteiger partial charge on any atom is 0.416 e. The number of rotatable bonds is 6. The van der Waals surface area contributed by atoms with Crippen LogP contribution in [0.5, 0.6) is 0 Å². The van der Waals surface area contributed by atoms with Gasteiger partial charge in [-0.1, -0.05) is 17.3 Å². The molecule has 1 rings (SSSR count). The van der Waals surface area contributed by atoms with Crippen molar-refractivity contribution >= 4 is 5.71 Å². The molecule has 0 heterocycles. The monoisotopic (exact) mass is 275 g/mol. The number of aliphatic hydroxyl groups is 1. The molecule has 0 saturated carbocycles. The average Bonchev–Trinajstić information content (AvgIpc) is 2.37. The van der Waals surface area contributed by atoms with Crippen molar-refractivity contribution in [3.05, 3.63) is 35.4 Å². The lowest BCUT2D eigenvalue weighted by atomic mass is 10.0. The van der Waals surface area contributed by atoms with Crippen LogP contribution in [-0.4, -0.2) is 24.5 Å². The molecular weight excluding hydrogens is 259 g/mol. The first-order valence-electron chi connectivity index (χ1n) is 5.87. The molecule has 0 spiro atoms. The Kier molecular flexibility index (Phi) is 5.82. The van der Waals surface area contributed by atoms with Gasteiger partial charge >= 0.3 is 6.18 Å². The summed E-state index contributed by atoms with van der Waals surface area (Å²) in [6.07, 6.45) is -2.49. The van der Waals surface area contributed by atoms with E-state index in [1.165, 1.54) is 19.2 Å². The second-order valence-corrected chi connectivity index (χ2v) is 3.98. The van der Waals surface area contributed by atoms with Crippen molar-refractivity contribution in [3.63, 3.8) is 0 Å². The Bertz CT molecular complexity index is 413. The van der Waals surface area contributed by atoms with Crippen LogP contribution < -0.4 is 0 Å². The Labute approximate surface area is 109 Å². The number of aliphatic hydroxyl groups excluding tert-OH is 1. The maximum atomic E-state index is 12.4. The fourth-order valence-corrected chi connectivity index (χ4v) is 1.61. The highest BCUT2D eigenvalue weighted by Gasteiger charge is 2.30. The van der Waals surface area contributed by atoms with Gasteiger partial charge in [0.25, 0.3) is 0 Å². The minimum Gasteiger partial charge on any atom is -0.399 e. The van der Waals surface area contributed by atoms with Crippen LogP contribution in [0.25, 0.3) is 0 Å². The van der Waals surface area contributed by atoms with E-state index in [0.717, 1.165) is 12.1 Å². The summed E-state index contributed by atoms with van der Waals surface area (Å²) in [5.41, 5.74) is 0.473. The Balaban J connectivity index is 2.83. The number of unbranched alkanes of at least 4 members (excludes halogenated alkanes) is 1. The van der Waals surface area contributed by atoms with E-state index in [-0.39, 0.29) is 6.61 Å². The smallest absolute Gasteiger partial charge is 0.399 e. The van der Waals surface area contributed by atoms with Gasteiger partial charge in [-0.05, 0) is 37.0 Å². The largest absolute Gasteiger partial charge is 0.416 e. The molecule has 0 bridgehead atoms. The van der Waals surface area contributed by atoms with Crippen LogP contribution >= 0.6 is 0 Å². The summed E-state index contributed by atoms with van der Waals surface area (Å²) >= 11 is 0. The van der Waals surface area contributed by atoms with Gasteiger partial charge in [0.05, 0.1) is 11.3 Å². The predicted molar refractivity (Wildman–Crippen MR) is 65.9 cm³/mol. The second kappa shape index (κ2) is 7.13. The zero-order chi connectivity index (χ0) is 14.3. The number of alkyl halides is 3. The van der Waals surface area contributed by atoms with E-state index in [0.29, 0.717) is 30.5 Å². The molecule has 0 unspecified atom stereocenters. The molecule has 3 nitrogen and oxygen atoms in total. The quantitative estimate of drug-likeness (QED) is 0.492. The Morgan fingerprint density at radius 3 is 2.32 bits per heavy atom. The normalized spacial score (nSPS) is 12.6. The lowest BCUT2D eigenvalue weighted by molar-refractivity contribution is -0.137. The topological polar surface area (TPSA) is 41.8 Å². The standard InChI is InChI=1S/C13H16F3NO2/c1-19-17-12(4-2-3-9-18)10-5-7-11(8-6-10)13(14,15)16/h5-8,18H,2-4,9H2,1H3/b17-12+. The Morgan fingerprint density at radius 2 is 1.84 bits per heavy atom. The number of benzene rings is 1. The first kappa shape index (κ1) is 15.5. The molecule has 0 aliphatic rings. The van der Waals surface area contributed by atoms with E-state index in [2.05, 4.69) is 9.99 Å². The van der Waals surface area contributed by atoms with E-state index in [4.69, 9.17) is 5.11 Å². The van der Waals surface area contributed by atoms with Crippen LogP contribution in [0.4, 0.5) is 13.2 Å². The second-order valence-electron chi connectivity index (χ2n) is 3.98. The predicted octanol–water partition coefficient (Wildman–Crippen LogP) is 3.22. The van der Waals surface area contributed by atoms with Gasteiger partial charge in [-0.15, -0.1) is 0 Å². The number of nitrogens with zero attached hydrogens (tertiary/aromatic N) is 1. The van der Waals surface area contributed by atoms with E-state index >= 15 is 0 Å². The number of oxime groups is 1. The van der Waals surface area contributed by atoms with Gasteiger partial charge in [-0.25, -0.2) is 0 Å². The molecule has 0 fully saturated rings. The van der Waals surface area contributed by atoms with E-state index in [9.17, 15) is 13.2 Å². The number of halogens is 3. The molecule has 1 aromatic carbocycles. The zero-order valence-electron chi connectivity index (χ0n) is 10.6. The van der Waals surface area contributed by atoms with Crippen LogP contribution in [0.3, 0.4) is 0 Å². The summed E-state index contributed by atoms with van der Waals surface area (Å²) in [7, 11) is 1.39. The highest BCUT2D eigenvalue weighted by molar-refractivity contribution is 6.00. The van der Waals surface area contributed by atoms with Crippen molar-refractivity contribution in [2.75, 3.05) is 13.7 Å². The zero-order valence-corrected chi connectivity index (χ0v) is 10.6. The van der Waals surface area contributed by atoms with Gasteiger partial charge in [0.2, 0.25) is 0 Å². The Hall–Kier alpha value is -1.56. The lowest BCUT2D eigenvalue weighted by Gasteiger charge is -2.09. The molecule has 0 atom stereocenters. The SMILES string of the molecule is CO/N=C(\CCCCO)c1ccc(C(F)(F)F)cc1. The van der Waals surface area contributed by atoms with E-state index in [1.807, 2.05) is 0 Å². The van der Waals surface area contributed by atoms with Gasteiger partial charge < -0.3 is 9.94 Å². The van der Waals surface area contributed by atoms with Crippen molar-refractivity contribution in [3.8, 4) is 0 Å². The molecule has 0 aliphatic carbocycles. The van der Waals surface area contributed by atoms with Crippen molar-refractivity contribution in [2.45, 2.75) is 25.4 Å². The summed E-state index contributed by atoms with van der Waals surface area (Å²) in [6, 6.07) is 4.79. The van der Waals surface area contributed by atoms with Crippen molar-refractivity contribution in [1.29, 1.82) is 0 Å². The van der Waals surface area contributed by atoms with Crippen molar-refractivity contribution in [1.82, 2.24) is 0 Å². The van der Waals surface area contributed by atoms with Crippen molar-refractivity contribution in [2.24, 2.45) is 5.16 Å². The van der Waals surface area contributed by atoms with Crippen LogP contribution in [-0.2, 0) is 11.0 Å². The molecule has 0 aromatic heterocycles. The third-order valence-corrected chi connectivity index (χ3v) is 2.57. The molecule has 0 amide bonds. The summed E-state index contributed by atoms with van der Waals surface area (Å²) in [4.78, 5) is 4.69. The Morgan fingerprint density at radius 1 is 1.21 bits per heavy atom. The highest BCUT2D eigenvalue weighted by Crippen LogP contribution is 2.29. The summed E-state index contributed by atoms with van der Waals surface area (Å²) in [6.45, 7) is 0.0767. The molecule has 6 heteroatoms. The third kappa shape index (κ3) is 4.90. The van der Waals surface area contributed by atoms with Crippen LogP contribution in [0.1, 0.15) is 30.4 Å². The molecule has 0 radical (unpaired) electrons. The van der Waals surface area contributed by atoms with Crippen LogP contribution in [0, 0.1) is 0 Å². The fourth-order valence-electron chi connectivity index (χ4n) is 1.61. The van der Waals surface area contributed by atoms with Crippen LogP contribution in [0.2, 0.25) is 0 Å². The third-order valence-electron chi connectivity index (χ3n) is 2.57. The van der Waals surface area contributed by atoms with Crippen molar-refractivity contribution < 1.29 is 23.1 Å². The molecule has 0 saturated heterocycles. The lowest BCUT2D eigenvalue weighted by Crippen LogP contribution is -2.07. The summed E-state index contributed by atoms with van der Waals surface area (Å²) in [5.74, 6) is 0. The number of hydrogen-bond donors (Lipinski definition) is 1. The maximum absolute atomic E-state index is 12.4. The average molecular weight is 275 g/mol. The molecule has 106 valence electrons. The molecular formula is C13H16F3NO2. The van der Waals surface area contributed by atoms with Gasteiger partial charge in [0.15, 0.2) is 0 Å². The minimum absolute atomic E-state index is 0.0767. The molecule has 0 aliphatic heterocycles. The summed E-state index contributed by atoms with van der Waals surface area (Å²) in [5, 5.41) is 12.5. The van der Waals surface area contributed by atoms with Gasteiger partial charge in [0.1, 0.15) is 7.11 Å². The minimum atomic E-state index is -4.34. The highest BCUT2D eigenvalue weighted by atomic mass is 19.4. The first-order valence-corrected chi connectivity index (χ1v) is 5.87. The first-order chi connectivity index (χ1) is 8.99. The molecule has 1 aromatic rings. The van der Waals surface area contributed by atoms with E-state index in [1.54, 1.807) is 0 Å². The van der Waals surface area contributed by atoms with Gasteiger partial charge in [-0.3, -0.25) is 0 Å². The molecule has 1 N–H and O–H groups in total. The summed E-state index contributed by atoms with van der Waals surface area (Å²) < 4.78 is 37.3. The van der Waals surface area contributed by atoms with E-state index < -0.39 is 11.7 Å². The van der Waals surface area contributed by atoms with Gasteiger partial charge in [-0.2, -0.15) is 13.2 Å². The fraction of sp³-hybridized carbons (Fsp3) is 0.462. The van der Waals surface area contributed by atoms with Crippen LogP contribution in [0.15, 0.2) is 29.4 Å². The van der Waals surface area contributed by atoms with Gasteiger partial charge in [0, 0.05) is 6.61 Å².